The molecule has 0 aromatic heterocycles. The highest BCUT2D eigenvalue weighted by Crippen LogP contribution is 2.33. The highest BCUT2D eigenvalue weighted by Gasteiger charge is 2.30. The van der Waals surface area contributed by atoms with E-state index in [0.29, 0.717) is 24.7 Å². The first-order valence-corrected chi connectivity index (χ1v) is 6.88. The normalized spacial score (nSPS) is 22.4. The zero-order valence-corrected chi connectivity index (χ0v) is 10.7. The van der Waals surface area contributed by atoms with Crippen LogP contribution in [0.5, 0.6) is 0 Å². The lowest BCUT2D eigenvalue weighted by Crippen LogP contribution is -2.42. The van der Waals surface area contributed by atoms with Gasteiger partial charge >= 0.3 is 5.97 Å². The van der Waals surface area contributed by atoms with Gasteiger partial charge in [-0.3, -0.25) is 4.79 Å². The van der Waals surface area contributed by atoms with Crippen LogP contribution in [0.4, 0.5) is 0 Å². The first-order chi connectivity index (χ1) is 8.65. The summed E-state index contributed by atoms with van der Waals surface area (Å²) < 4.78 is 0. The Morgan fingerprint density at radius 1 is 1.17 bits per heavy atom. The van der Waals surface area contributed by atoms with E-state index in [1.54, 1.807) is 0 Å². The van der Waals surface area contributed by atoms with Gasteiger partial charge in [-0.1, -0.05) is 12.8 Å². The molecule has 102 valence electrons. The first-order valence-electron chi connectivity index (χ1n) is 6.88. The van der Waals surface area contributed by atoms with Gasteiger partial charge in [-0.05, 0) is 44.2 Å². The minimum atomic E-state index is -0.902. The fourth-order valence-corrected chi connectivity index (χ4v) is 2.51. The fraction of sp³-hybridized carbons (Fsp3) is 0.846. The molecule has 1 heterocycles. The third kappa shape index (κ3) is 4.29. The van der Waals surface area contributed by atoms with Crippen LogP contribution in [0.3, 0.4) is 0 Å². The van der Waals surface area contributed by atoms with Gasteiger partial charge in [0, 0.05) is 6.42 Å². The van der Waals surface area contributed by atoms with Crippen molar-refractivity contribution in [3.63, 3.8) is 0 Å². The molecule has 2 aliphatic rings. The van der Waals surface area contributed by atoms with E-state index < -0.39 is 12.0 Å². The van der Waals surface area contributed by atoms with E-state index in [2.05, 4.69) is 10.6 Å². The van der Waals surface area contributed by atoms with Gasteiger partial charge in [-0.15, -0.1) is 0 Å². The third-order valence-electron chi connectivity index (χ3n) is 3.83. The number of nitrogens with one attached hydrogen (secondary N) is 2. The van der Waals surface area contributed by atoms with Gasteiger partial charge in [0.05, 0.1) is 0 Å². The third-order valence-corrected chi connectivity index (χ3v) is 3.83. The standard InChI is InChI=1S/C13H22N2O3/c16-12(8-10-3-5-14-6-4-10)15-11(13(17)18)7-9-1-2-9/h9-11,14H,1-8H2,(H,15,16)(H,17,18). The second-order valence-electron chi connectivity index (χ2n) is 5.53. The maximum absolute atomic E-state index is 11.8. The number of rotatable bonds is 6. The summed E-state index contributed by atoms with van der Waals surface area (Å²) in [5, 5.41) is 15.0. The summed E-state index contributed by atoms with van der Waals surface area (Å²) in [6.45, 7) is 1.92. The number of hydrogen-bond donors (Lipinski definition) is 3. The molecule has 5 heteroatoms. The Morgan fingerprint density at radius 2 is 1.83 bits per heavy atom. The SMILES string of the molecule is O=C(CC1CCNCC1)NC(CC1CC1)C(=O)O. The van der Waals surface area contributed by atoms with Gasteiger partial charge < -0.3 is 15.7 Å². The van der Waals surface area contributed by atoms with E-state index in [1.165, 1.54) is 0 Å². The topological polar surface area (TPSA) is 78.4 Å². The van der Waals surface area contributed by atoms with Crippen LogP contribution in [0, 0.1) is 11.8 Å². The molecule has 1 amide bonds. The Kier molecular flexibility index (Phi) is 4.58. The van der Waals surface area contributed by atoms with E-state index in [1.807, 2.05) is 0 Å². The minimum absolute atomic E-state index is 0.102. The predicted molar refractivity (Wildman–Crippen MR) is 67.1 cm³/mol. The van der Waals surface area contributed by atoms with Crippen molar-refractivity contribution in [1.29, 1.82) is 0 Å². The van der Waals surface area contributed by atoms with Gasteiger partial charge in [0.1, 0.15) is 6.04 Å². The van der Waals surface area contributed by atoms with Crippen molar-refractivity contribution >= 4 is 11.9 Å². The Labute approximate surface area is 107 Å². The number of carbonyl (C=O) groups is 2. The Morgan fingerprint density at radius 3 is 2.39 bits per heavy atom. The van der Waals surface area contributed by atoms with Crippen molar-refractivity contribution < 1.29 is 14.7 Å². The average Bonchev–Trinajstić information content (AvgIpc) is 3.13. The lowest BCUT2D eigenvalue weighted by molar-refractivity contribution is -0.142. The molecule has 1 aliphatic heterocycles. The second-order valence-corrected chi connectivity index (χ2v) is 5.53. The minimum Gasteiger partial charge on any atom is -0.480 e. The number of carboxylic acids is 1. The van der Waals surface area contributed by atoms with E-state index in [-0.39, 0.29) is 5.91 Å². The Bertz CT molecular complexity index is 309. The monoisotopic (exact) mass is 254 g/mol. The van der Waals surface area contributed by atoms with E-state index in [0.717, 1.165) is 38.8 Å². The highest BCUT2D eigenvalue weighted by molar-refractivity contribution is 5.83. The van der Waals surface area contributed by atoms with Crippen LogP contribution in [0.2, 0.25) is 0 Å². The molecular formula is C13H22N2O3. The molecule has 18 heavy (non-hydrogen) atoms. The maximum atomic E-state index is 11.8. The highest BCUT2D eigenvalue weighted by atomic mass is 16.4. The molecule has 1 unspecified atom stereocenters. The molecule has 3 N–H and O–H groups in total. The zero-order valence-electron chi connectivity index (χ0n) is 10.7. The lowest BCUT2D eigenvalue weighted by Gasteiger charge is -2.23. The number of hydrogen-bond acceptors (Lipinski definition) is 3. The molecule has 1 saturated carbocycles. The number of carbonyl (C=O) groups excluding carboxylic acids is 1. The summed E-state index contributed by atoms with van der Waals surface area (Å²) in [5.41, 5.74) is 0. The molecular weight excluding hydrogens is 232 g/mol. The number of piperidine rings is 1. The zero-order chi connectivity index (χ0) is 13.0. The van der Waals surface area contributed by atoms with Crippen LogP contribution in [-0.2, 0) is 9.59 Å². The first kappa shape index (κ1) is 13.3. The summed E-state index contributed by atoms with van der Waals surface area (Å²) in [5.74, 6) is -0.0950. The van der Waals surface area contributed by atoms with Crippen molar-refractivity contribution in [3.05, 3.63) is 0 Å². The van der Waals surface area contributed by atoms with Crippen molar-refractivity contribution in [1.82, 2.24) is 10.6 Å². The predicted octanol–water partition coefficient (Wildman–Crippen LogP) is 0.746. The van der Waals surface area contributed by atoms with Gasteiger partial charge in [-0.2, -0.15) is 0 Å². The van der Waals surface area contributed by atoms with Crippen LogP contribution in [0.25, 0.3) is 0 Å². The molecule has 5 nitrogen and oxygen atoms in total. The summed E-state index contributed by atoms with van der Waals surface area (Å²) in [6.07, 6.45) is 5.28. The van der Waals surface area contributed by atoms with Gasteiger partial charge in [0.25, 0.3) is 0 Å². The molecule has 0 radical (unpaired) electrons. The molecule has 0 aromatic rings. The quantitative estimate of drug-likeness (QED) is 0.653. The van der Waals surface area contributed by atoms with Crippen LogP contribution in [-0.4, -0.2) is 36.1 Å². The van der Waals surface area contributed by atoms with Gasteiger partial charge in [-0.25, -0.2) is 4.79 Å². The molecule has 2 fully saturated rings. The molecule has 0 bridgehead atoms. The molecule has 2 rings (SSSR count). The van der Waals surface area contributed by atoms with Gasteiger partial charge in [0.15, 0.2) is 0 Å². The van der Waals surface area contributed by atoms with Crippen molar-refractivity contribution in [2.45, 2.75) is 44.6 Å². The Balaban J connectivity index is 1.74. The van der Waals surface area contributed by atoms with E-state index in [9.17, 15) is 9.59 Å². The van der Waals surface area contributed by atoms with Crippen LogP contribution >= 0.6 is 0 Å². The molecule has 1 saturated heterocycles. The van der Waals surface area contributed by atoms with Crippen LogP contribution in [0.1, 0.15) is 38.5 Å². The Hall–Kier alpha value is -1.10. The summed E-state index contributed by atoms with van der Waals surface area (Å²) in [7, 11) is 0. The largest absolute Gasteiger partial charge is 0.480 e. The van der Waals surface area contributed by atoms with E-state index >= 15 is 0 Å². The van der Waals surface area contributed by atoms with Crippen molar-refractivity contribution in [2.75, 3.05) is 13.1 Å². The summed E-state index contributed by atoms with van der Waals surface area (Å²) in [4.78, 5) is 22.9. The summed E-state index contributed by atoms with van der Waals surface area (Å²) >= 11 is 0. The number of aliphatic carboxylic acids is 1. The second kappa shape index (κ2) is 6.18. The number of carboxylic acid groups (broad SMARTS) is 1. The molecule has 1 aliphatic carbocycles. The smallest absolute Gasteiger partial charge is 0.326 e. The van der Waals surface area contributed by atoms with E-state index in [4.69, 9.17) is 5.11 Å². The lowest BCUT2D eigenvalue weighted by atomic mass is 9.94. The van der Waals surface area contributed by atoms with Crippen LogP contribution < -0.4 is 10.6 Å². The van der Waals surface area contributed by atoms with Gasteiger partial charge in [0.2, 0.25) is 5.91 Å². The molecule has 0 aromatic carbocycles. The number of amides is 1. The molecule has 1 atom stereocenters. The molecule has 0 spiro atoms. The fourth-order valence-electron chi connectivity index (χ4n) is 2.51. The van der Waals surface area contributed by atoms with Crippen molar-refractivity contribution in [2.24, 2.45) is 11.8 Å². The average molecular weight is 254 g/mol. The maximum Gasteiger partial charge on any atom is 0.326 e. The van der Waals surface area contributed by atoms with Crippen molar-refractivity contribution in [3.8, 4) is 0 Å². The van der Waals surface area contributed by atoms with Crippen LogP contribution in [0.15, 0.2) is 0 Å². The summed E-state index contributed by atoms with van der Waals surface area (Å²) in [6, 6.07) is -0.688.